The molecule has 0 bridgehead atoms. The minimum atomic E-state index is -0.428. The molecule has 1 spiro atoms. The van der Waals surface area contributed by atoms with E-state index in [0.717, 1.165) is 83.4 Å². The van der Waals surface area contributed by atoms with Crippen molar-refractivity contribution in [1.29, 1.82) is 0 Å². The van der Waals surface area contributed by atoms with Crippen molar-refractivity contribution in [3.63, 3.8) is 0 Å². The lowest BCUT2D eigenvalue weighted by molar-refractivity contribution is -0.0434. The summed E-state index contributed by atoms with van der Waals surface area (Å²) >= 11 is 0. The molecule has 4 heterocycles. The SMILES string of the molecule is CCN1CCN(c2cccc(N3CCC4(CC3)CN(C(=O)OC(C)(C)C)C4)n2)CC1. The van der Waals surface area contributed by atoms with Gasteiger partial charge in [0.25, 0.3) is 0 Å². The molecule has 1 aromatic heterocycles. The number of amides is 1. The zero-order chi connectivity index (χ0) is 21.4. The van der Waals surface area contributed by atoms with E-state index in [0.29, 0.717) is 0 Å². The van der Waals surface area contributed by atoms with Gasteiger partial charge in [-0.15, -0.1) is 0 Å². The van der Waals surface area contributed by atoms with Crippen molar-refractivity contribution < 1.29 is 9.53 Å². The fourth-order valence-electron chi connectivity index (χ4n) is 4.80. The van der Waals surface area contributed by atoms with E-state index in [2.05, 4.69) is 39.8 Å². The Hall–Kier alpha value is -2.02. The quantitative estimate of drug-likeness (QED) is 0.756. The number of hydrogen-bond donors (Lipinski definition) is 0. The average molecular weight is 416 g/mol. The van der Waals surface area contributed by atoms with E-state index in [9.17, 15) is 4.79 Å². The smallest absolute Gasteiger partial charge is 0.410 e. The number of aromatic nitrogens is 1. The van der Waals surface area contributed by atoms with Crippen LogP contribution in [-0.2, 0) is 4.74 Å². The van der Waals surface area contributed by atoms with Gasteiger partial charge in [0.2, 0.25) is 0 Å². The number of hydrogen-bond acceptors (Lipinski definition) is 6. The molecule has 0 aliphatic carbocycles. The first kappa shape index (κ1) is 21.2. The summed E-state index contributed by atoms with van der Waals surface area (Å²) in [5.74, 6) is 2.19. The molecule has 3 saturated heterocycles. The van der Waals surface area contributed by atoms with Gasteiger partial charge in [-0.05, 0) is 52.3 Å². The topological polar surface area (TPSA) is 52.2 Å². The standard InChI is InChI=1S/C23H37N5O2/c1-5-25-13-15-27(16-14-25)20-8-6-7-19(24-20)26-11-9-23(10-12-26)17-28(18-23)21(29)30-22(2,3)4/h6-8H,5,9-18H2,1-4H3. The van der Waals surface area contributed by atoms with Gasteiger partial charge in [-0.25, -0.2) is 9.78 Å². The molecule has 1 amide bonds. The van der Waals surface area contributed by atoms with Crippen LogP contribution in [0, 0.1) is 5.41 Å². The number of likely N-dealkylation sites (N-methyl/N-ethyl adjacent to an activating group) is 1. The molecule has 3 aliphatic rings. The summed E-state index contributed by atoms with van der Waals surface area (Å²) in [4.78, 5) is 26.4. The summed E-state index contributed by atoms with van der Waals surface area (Å²) in [5, 5.41) is 0. The summed E-state index contributed by atoms with van der Waals surface area (Å²) < 4.78 is 5.51. The minimum absolute atomic E-state index is 0.173. The van der Waals surface area contributed by atoms with Crippen LogP contribution in [0.4, 0.5) is 16.4 Å². The third kappa shape index (κ3) is 4.66. The summed E-state index contributed by atoms with van der Waals surface area (Å²) in [6, 6.07) is 6.42. The monoisotopic (exact) mass is 415 g/mol. The van der Waals surface area contributed by atoms with E-state index in [4.69, 9.17) is 9.72 Å². The first-order valence-electron chi connectivity index (χ1n) is 11.4. The van der Waals surface area contributed by atoms with Crippen molar-refractivity contribution in [2.24, 2.45) is 5.41 Å². The average Bonchev–Trinajstić information content (AvgIpc) is 2.71. The number of carbonyl (C=O) groups is 1. The van der Waals surface area contributed by atoms with Crippen molar-refractivity contribution in [2.45, 2.75) is 46.1 Å². The van der Waals surface area contributed by atoms with E-state index >= 15 is 0 Å². The minimum Gasteiger partial charge on any atom is -0.444 e. The lowest BCUT2D eigenvalue weighted by Gasteiger charge is -2.53. The van der Waals surface area contributed by atoms with E-state index < -0.39 is 5.60 Å². The third-order valence-electron chi connectivity index (χ3n) is 6.72. The van der Waals surface area contributed by atoms with Gasteiger partial charge < -0.3 is 24.3 Å². The van der Waals surface area contributed by atoms with Gasteiger partial charge in [0.15, 0.2) is 0 Å². The Morgan fingerprint density at radius 3 is 2.10 bits per heavy atom. The third-order valence-corrected chi connectivity index (χ3v) is 6.72. The van der Waals surface area contributed by atoms with E-state index in [1.807, 2.05) is 25.7 Å². The molecule has 166 valence electrons. The first-order valence-corrected chi connectivity index (χ1v) is 11.4. The molecule has 30 heavy (non-hydrogen) atoms. The second-order valence-corrected chi connectivity index (χ2v) is 10.1. The molecule has 7 nitrogen and oxygen atoms in total. The largest absolute Gasteiger partial charge is 0.444 e. The predicted molar refractivity (Wildman–Crippen MR) is 120 cm³/mol. The molecule has 3 fully saturated rings. The Labute approximate surface area is 181 Å². The Kier molecular flexibility index (Phi) is 5.84. The van der Waals surface area contributed by atoms with Crippen LogP contribution >= 0.6 is 0 Å². The van der Waals surface area contributed by atoms with Crippen molar-refractivity contribution in [3.05, 3.63) is 18.2 Å². The van der Waals surface area contributed by atoms with E-state index in [1.165, 1.54) is 0 Å². The van der Waals surface area contributed by atoms with Crippen LogP contribution in [0.2, 0.25) is 0 Å². The molecule has 0 aromatic carbocycles. The van der Waals surface area contributed by atoms with Crippen LogP contribution in [0.1, 0.15) is 40.5 Å². The Balaban J connectivity index is 1.30. The van der Waals surface area contributed by atoms with Crippen molar-refractivity contribution in [1.82, 2.24) is 14.8 Å². The number of piperidine rings is 1. The normalized spacial score (nSPS) is 22.2. The zero-order valence-corrected chi connectivity index (χ0v) is 19.1. The fourth-order valence-corrected chi connectivity index (χ4v) is 4.80. The highest BCUT2D eigenvalue weighted by atomic mass is 16.6. The molecule has 0 radical (unpaired) electrons. The number of piperazine rings is 1. The highest BCUT2D eigenvalue weighted by molar-refractivity contribution is 5.69. The number of carbonyl (C=O) groups excluding carboxylic acids is 1. The summed E-state index contributed by atoms with van der Waals surface area (Å²) in [6.45, 7) is 17.1. The highest BCUT2D eigenvalue weighted by Gasteiger charge is 2.48. The molecular weight excluding hydrogens is 378 g/mol. The Morgan fingerprint density at radius 1 is 1.00 bits per heavy atom. The molecule has 3 aliphatic heterocycles. The fraction of sp³-hybridized carbons (Fsp3) is 0.739. The van der Waals surface area contributed by atoms with E-state index in [1.54, 1.807) is 0 Å². The van der Waals surface area contributed by atoms with Gasteiger partial charge in [-0.2, -0.15) is 0 Å². The molecule has 0 atom stereocenters. The number of nitrogens with zero attached hydrogens (tertiary/aromatic N) is 5. The molecular formula is C23H37N5O2. The molecule has 4 rings (SSSR count). The Morgan fingerprint density at radius 2 is 1.57 bits per heavy atom. The Bertz CT molecular complexity index is 738. The van der Waals surface area contributed by atoms with Gasteiger partial charge in [-0.1, -0.05) is 13.0 Å². The summed E-state index contributed by atoms with van der Waals surface area (Å²) in [6.07, 6.45) is 2.04. The zero-order valence-electron chi connectivity index (χ0n) is 19.1. The van der Waals surface area contributed by atoms with Crippen LogP contribution < -0.4 is 9.80 Å². The van der Waals surface area contributed by atoms with Gasteiger partial charge in [0, 0.05) is 57.8 Å². The maximum atomic E-state index is 12.3. The lowest BCUT2D eigenvalue weighted by atomic mass is 9.72. The van der Waals surface area contributed by atoms with E-state index in [-0.39, 0.29) is 11.5 Å². The van der Waals surface area contributed by atoms with Gasteiger partial charge >= 0.3 is 6.09 Å². The molecule has 1 aromatic rings. The van der Waals surface area contributed by atoms with Crippen molar-refractivity contribution >= 4 is 17.7 Å². The maximum Gasteiger partial charge on any atom is 0.410 e. The number of anilines is 2. The molecule has 0 saturated carbocycles. The van der Waals surface area contributed by atoms with Crippen LogP contribution in [0.5, 0.6) is 0 Å². The van der Waals surface area contributed by atoms with Gasteiger partial charge in [-0.3, -0.25) is 0 Å². The summed E-state index contributed by atoms with van der Waals surface area (Å²) in [7, 11) is 0. The first-order chi connectivity index (χ1) is 14.3. The van der Waals surface area contributed by atoms with Gasteiger partial charge in [0.1, 0.15) is 17.2 Å². The number of ether oxygens (including phenoxy) is 1. The number of rotatable bonds is 3. The van der Waals surface area contributed by atoms with Crippen molar-refractivity contribution in [2.75, 3.05) is 68.7 Å². The van der Waals surface area contributed by atoms with Crippen LogP contribution in [-0.4, -0.2) is 85.4 Å². The van der Waals surface area contributed by atoms with Gasteiger partial charge in [0.05, 0.1) is 0 Å². The number of pyridine rings is 1. The molecule has 7 heteroatoms. The molecule has 0 unspecified atom stereocenters. The van der Waals surface area contributed by atoms with Crippen LogP contribution in [0.15, 0.2) is 18.2 Å². The number of likely N-dealkylation sites (tertiary alicyclic amines) is 1. The maximum absolute atomic E-state index is 12.3. The second-order valence-electron chi connectivity index (χ2n) is 10.1. The summed E-state index contributed by atoms with van der Waals surface area (Å²) in [5.41, 5.74) is -0.162. The highest BCUT2D eigenvalue weighted by Crippen LogP contribution is 2.41. The van der Waals surface area contributed by atoms with Crippen molar-refractivity contribution in [3.8, 4) is 0 Å². The predicted octanol–water partition coefficient (Wildman–Crippen LogP) is 3.06. The lowest BCUT2D eigenvalue weighted by Crippen LogP contribution is -2.62. The van der Waals surface area contributed by atoms with Crippen LogP contribution in [0.3, 0.4) is 0 Å². The molecule has 0 N–H and O–H groups in total. The van der Waals surface area contributed by atoms with Crippen LogP contribution in [0.25, 0.3) is 0 Å². The second kappa shape index (κ2) is 8.25.